The molecular weight excluding hydrogens is 250 g/mol. The topological polar surface area (TPSA) is 66.4 Å². The Balaban J connectivity index is 2.30. The SMILES string of the molecule is CCC1CCCCC1SCCC(NC=O)C(=O)O. The number of nitrogens with one attached hydrogen (secondary N) is 1. The van der Waals surface area contributed by atoms with Crippen LogP contribution in [0.3, 0.4) is 0 Å². The van der Waals surface area contributed by atoms with Crippen molar-refractivity contribution in [3.63, 3.8) is 0 Å². The second kappa shape index (κ2) is 8.40. The highest BCUT2D eigenvalue weighted by molar-refractivity contribution is 7.99. The summed E-state index contributed by atoms with van der Waals surface area (Å²) >= 11 is 1.88. The van der Waals surface area contributed by atoms with Gasteiger partial charge >= 0.3 is 5.97 Å². The zero-order valence-electron chi connectivity index (χ0n) is 10.9. The highest BCUT2D eigenvalue weighted by Crippen LogP contribution is 2.35. The predicted octanol–water partition coefficient (Wildman–Crippen LogP) is 2.28. The summed E-state index contributed by atoms with van der Waals surface area (Å²) in [6, 6.07) is -0.737. The van der Waals surface area contributed by atoms with Crippen molar-refractivity contribution in [2.24, 2.45) is 5.92 Å². The highest BCUT2D eigenvalue weighted by atomic mass is 32.2. The molecule has 0 aliphatic heterocycles. The van der Waals surface area contributed by atoms with E-state index in [0.29, 0.717) is 18.1 Å². The van der Waals surface area contributed by atoms with E-state index in [0.717, 1.165) is 11.7 Å². The summed E-state index contributed by atoms with van der Waals surface area (Å²) in [6.45, 7) is 2.23. The van der Waals surface area contributed by atoms with Crippen LogP contribution in [-0.4, -0.2) is 34.5 Å². The third-order valence-electron chi connectivity index (χ3n) is 3.67. The molecule has 3 atom stereocenters. The van der Waals surface area contributed by atoms with Crippen molar-refractivity contribution in [3.8, 4) is 0 Å². The van der Waals surface area contributed by atoms with Crippen molar-refractivity contribution in [1.82, 2.24) is 5.32 Å². The van der Waals surface area contributed by atoms with Crippen LogP contribution in [-0.2, 0) is 9.59 Å². The van der Waals surface area contributed by atoms with Gasteiger partial charge in [0, 0.05) is 5.25 Å². The van der Waals surface area contributed by atoms with Crippen LogP contribution in [0.25, 0.3) is 0 Å². The molecule has 0 spiro atoms. The number of aliphatic carboxylic acids is 1. The number of carboxylic acids is 1. The lowest BCUT2D eigenvalue weighted by Gasteiger charge is -2.30. The third-order valence-corrected chi connectivity index (χ3v) is 5.19. The summed E-state index contributed by atoms with van der Waals surface area (Å²) in [7, 11) is 0. The molecule has 1 aliphatic carbocycles. The highest BCUT2D eigenvalue weighted by Gasteiger charge is 2.24. The van der Waals surface area contributed by atoms with Crippen LogP contribution in [0.15, 0.2) is 0 Å². The summed E-state index contributed by atoms with van der Waals surface area (Å²) in [6.07, 6.45) is 7.38. The van der Waals surface area contributed by atoms with Gasteiger partial charge in [0.25, 0.3) is 0 Å². The number of hydrogen-bond acceptors (Lipinski definition) is 3. The molecule has 0 saturated heterocycles. The van der Waals surface area contributed by atoms with Crippen LogP contribution >= 0.6 is 11.8 Å². The standard InChI is InChI=1S/C13H23NO3S/c1-2-10-5-3-4-6-12(10)18-8-7-11(13(16)17)14-9-15/h9-12H,2-8H2,1H3,(H,14,15)(H,16,17). The average Bonchev–Trinajstić information content (AvgIpc) is 2.38. The fourth-order valence-corrected chi connectivity index (χ4v) is 4.17. The average molecular weight is 273 g/mol. The maximum absolute atomic E-state index is 10.9. The predicted molar refractivity (Wildman–Crippen MR) is 73.7 cm³/mol. The number of carboxylic acid groups (broad SMARTS) is 1. The molecule has 3 unspecified atom stereocenters. The Bertz CT molecular complexity index is 273. The van der Waals surface area contributed by atoms with Crippen molar-refractivity contribution in [1.29, 1.82) is 0 Å². The lowest BCUT2D eigenvalue weighted by atomic mass is 9.87. The maximum atomic E-state index is 10.9. The first kappa shape index (κ1) is 15.3. The van der Waals surface area contributed by atoms with Crippen LogP contribution < -0.4 is 5.32 Å². The largest absolute Gasteiger partial charge is 0.480 e. The van der Waals surface area contributed by atoms with Crippen LogP contribution in [0.4, 0.5) is 0 Å². The molecule has 18 heavy (non-hydrogen) atoms. The normalized spacial score (nSPS) is 25.4. The summed E-state index contributed by atoms with van der Waals surface area (Å²) in [5.74, 6) is 0.642. The molecule has 1 amide bonds. The van der Waals surface area contributed by atoms with Gasteiger partial charge in [-0.3, -0.25) is 4.79 Å². The molecule has 1 aliphatic rings. The number of hydrogen-bond donors (Lipinski definition) is 2. The fourth-order valence-electron chi connectivity index (χ4n) is 2.56. The lowest BCUT2D eigenvalue weighted by Crippen LogP contribution is -2.36. The molecule has 0 aromatic rings. The van der Waals surface area contributed by atoms with Crippen molar-refractivity contribution in [2.75, 3.05) is 5.75 Å². The van der Waals surface area contributed by atoms with Gasteiger partial charge < -0.3 is 10.4 Å². The van der Waals surface area contributed by atoms with E-state index >= 15 is 0 Å². The molecule has 1 fully saturated rings. The van der Waals surface area contributed by atoms with E-state index in [-0.39, 0.29) is 0 Å². The molecule has 0 heterocycles. The molecular formula is C13H23NO3S. The quantitative estimate of drug-likeness (QED) is 0.666. The van der Waals surface area contributed by atoms with Gasteiger partial charge in [0.15, 0.2) is 0 Å². The lowest BCUT2D eigenvalue weighted by molar-refractivity contribution is -0.140. The molecule has 1 rings (SSSR count). The van der Waals surface area contributed by atoms with Crippen LogP contribution in [0.1, 0.15) is 45.4 Å². The van der Waals surface area contributed by atoms with Gasteiger partial charge in [-0.1, -0.05) is 26.2 Å². The van der Waals surface area contributed by atoms with Gasteiger partial charge in [-0.25, -0.2) is 4.79 Å². The van der Waals surface area contributed by atoms with Gasteiger partial charge in [-0.2, -0.15) is 11.8 Å². The second-order valence-electron chi connectivity index (χ2n) is 4.83. The first-order chi connectivity index (χ1) is 8.69. The Morgan fingerprint density at radius 1 is 1.50 bits per heavy atom. The van der Waals surface area contributed by atoms with E-state index in [9.17, 15) is 9.59 Å². The van der Waals surface area contributed by atoms with Crippen molar-refractivity contribution in [3.05, 3.63) is 0 Å². The zero-order chi connectivity index (χ0) is 13.4. The summed E-state index contributed by atoms with van der Waals surface area (Å²) in [5.41, 5.74) is 0. The smallest absolute Gasteiger partial charge is 0.326 e. The molecule has 4 nitrogen and oxygen atoms in total. The number of carbonyl (C=O) groups is 2. The number of thioether (sulfide) groups is 1. The molecule has 0 aromatic heterocycles. The van der Waals surface area contributed by atoms with E-state index in [2.05, 4.69) is 12.2 Å². The summed E-state index contributed by atoms with van der Waals surface area (Å²) in [5, 5.41) is 11.9. The Morgan fingerprint density at radius 2 is 2.22 bits per heavy atom. The van der Waals surface area contributed by atoms with E-state index in [1.807, 2.05) is 11.8 Å². The Labute approximate surface area is 113 Å². The van der Waals surface area contributed by atoms with Gasteiger partial charge in [-0.05, 0) is 30.9 Å². The van der Waals surface area contributed by atoms with Crippen molar-refractivity contribution >= 4 is 24.1 Å². The van der Waals surface area contributed by atoms with Crippen LogP contribution in [0, 0.1) is 5.92 Å². The van der Waals surface area contributed by atoms with E-state index in [1.54, 1.807) is 0 Å². The Kier molecular flexibility index (Phi) is 7.16. The molecule has 2 N–H and O–H groups in total. The molecule has 1 saturated carbocycles. The van der Waals surface area contributed by atoms with E-state index in [4.69, 9.17) is 5.11 Å². The first-order valence-corrected chi connectivity index (χ1v) is 7.78. The van der Waals surface area contributed by atoms with Gasteiger partial charge in [-0.15, -0.1) is 0 Å². The molecule has 104 valence electrons. The van der Waals surface area contributed by atoms with Crippen LogP contribution in [0.2, 0.25) is 0 Å². The van der Waals surface area contributed by atoms with Gasteiger partial charge in [0.05, 0.1) is 0 Å². The van der Waals surface area contributed by atoms with Gasteiger partial charge in [0.2, 0.25) is 6.41 Å². The van der Waals surface area contributed by atoms with E-state index < -0.39 is 12.0 Å². The number of rotatable bonds is 8. The maximum Gasteiger partial charge on any atom is 0.326 e. The second-order valence-corrected chi connectivity index (χ2v) is 6.17. The fraction of sp³-hybridized carbons (Fsp3) is 0.846. The summed E-state index contributed by atoms with van der Waals surface area (Å²) in [4.78, 5) is 21.2. The van der Waals surface area contributed by atoms with E-state index in [1.165, 1.54) is 32.1 Å². The minimum atomic E-state index is -0.946. The molecule has 0 aromatic carbocycles. The number of carbonyl (C=O) groups excluding carboxylic acids is 1. The van der Waals surface area contributed by atoms with Gasteiger partial charge in [0.1, 0.15) is 6.04 Å². The molecule has 0 radical (unpaired) electrons. The Morgan fingerprint density at radius 3 is 2.83 bits per heavy atom. The molecule has 0 bridgehead atoms. The monoisotopic (exact) mass is 273 g/mol. The zero-order valence-corrected chi connectivity index (χ0v) is 11.7. The summed E-state index contributed by atoms with van der Waals surface area (Å²) < 4.78 is 0. The number of amides is 1. The first-order valence-electron chi connectivity index (χ1n) is 6.73. The Hall–Kier alpha value is -0.710. The van der Waals surface area contributed by atoms with Crippen molar-refractivity contribution < 1.29 is 14.7 Å². The van der Waals surface area contributed by atoms with Crippen molar-refractivity contribution in [2.45, 2.75) is 56.7 Å². The third kappa shape index (κ3) is 4.88. The molecule has 5 heteroatoms. The minimum absolute atomic E-state index is 0.471. The van der Waals surface area contributed by atoms with Crippen LogP contribution in [0.5, 0.6) is 0 Å². The minimum Gasteiger partial charge on any atom is -0.480 e.